The van der Waals surface area contributed by atoms with Gasteiger partial charge in [0.1, 0.15) is 17.8 Å². The van der Waals surface area contributed by atoms with Crippen LogP contribution in [0.5, 0.6) is 0 Å². The Hall–Kier alpha value is -2.46. The van der Waals surface area contributed by atoms with Crippen molar-refractivity contribution in [1.29, 1.82) is 0 Å². The minimum Gasteiger partial charge on any atom is -0.364 e. The monoisotopic (exact) mass is 409 g/mol. The fourth-order valence-corrected chi connectivity index (χ4v) is 4.42. The third-order valence-corrected chi connectivity index (χ3v) is 6.20. The maximum Gasteiger partial charge on any atom is 0.220 e. The second-order valence-corrected chi connectivity index (χ2v) is 8.40. The molecule has 2 heterocycles. The first-order valence-corrected chi connectivity index (χ1v) is 10.7. The number of hydrogen-bond acceptors (Lipinski definition) is 5. The van der Waals surface area contributed by atoms with Crippen molar-refractivity contribution in [2.24, 2.45) is 4.99 Å². The third kappa shape index (κ3) is 5.29. The van der Waals surface area contributed by atoms with Crippen LogP contribution in [0.25, 0.3) is 0 Å². The molecule has 0 unspecified atom stereocenters. The maximum atomic E-state index is 13.3. The molecule has 0 saturated carbocycles. The second kappa shape index (κ2) is 9.16. The first-order valence-electron chi connectivity index (χ1n) is 9.12. The number of nitrogens with one attached hydrogen (secondary N) is 1. The molecule has 1 N–H and O–H groups in total. The molecule has 28 heavy (non-hydrogen) atoms. The largest absolute Gasteiger partial charge is 0.364 e. The predicted octanol–water partition coefficient (Wildman–Crippen LogP) is 1.43. The van der Waals surface area contributed by atoms with Crippen LogP contribution in [-0.2, 0) is 22.3 Å². The first-order chi connectivity index (χ1) is 13.5. The van der Waals surface area contributed by atoms with Gasteiger partial charge in [-0.15, -0.1) is 0 Å². The van der Waals surface area contributed by atoms with Gasteiger partial charge in [0.15, 0.2) is 5.96 Å². The van der Waals surface area contributed by atoms with Gasteiger partial charge in [-0.1, -0.05) is 17.3 Å². The standard InChI is InChI=1S/C18H24FN5O3S/c1-2-20-18(21-13-15-4-3-5-16(19)12-15)23-7-9-24(10-8-23)28(25,26)14-17-6-11-27-22-17/h3-6,11-12H,2,7-10,13-14H2,1H3,(H,20,21). The number of halogens is 1. The molecule has 152 valence electrons. The van der Waals surface area contributed by atoms with E-state index >= 15 is 0 Å². The van der Waals surface area contributed by atoms with E-state index in [0.29, 0.717) is 50.9 Å². The van der Waals surface area contributed by atoms with E-state index in [-0.39, 0.29) is 11.6 Å². The van der Waals surface area contributed by atoms with Crippen LogP contribution in [0.4, 0.5) is 4.39 Å². The number of piperazine rings is 1. The van der Waals surface area contributed by atoms with Crippen LogP contribution >= 0.6 is 0 Å². The van der Waals surface area contributed by atoms with Crippen molar-refractivity contribution in [3.63, 3.8) is 0 Å². The zero-order valence-corrected chi connectivity index (χ0v) is 16.5. The molecule has 0 aliphatic carbocycles. The summed E-state index contributed by atoms with van der Waals surface area (Å²) < 4.78 is 44.6. The van der Waals surface area contributed by atoms with Crippen molar-refractivity contribution in [2.75, 3.05) is 32.7 Å². The summed E-state index contributed by atoms with van der Waals surface area (Å²) in [6.45, 7) is 4.78. The van der Waals surface area contributed by atoms with Crippen LogP contribution in [0.3, 0.4) is 0 Å². The summed E-state index contributed by atoms with van der Waals surface area (Å²) in [5, 5.41) is 6.89. The van der Waals surface area contributed by atoms with Gasteiger partial charge in [0.25, 0.3) is 0 Å². The van der Waals surface area contributed by atoms with Gasteiger partial charge in [-0.25, -0.2) is 17.8 Å². The maximum absolute atomic E-state index is 13.3. The van der Waals surface area contributed by atoms with Gasteiger partial charge in [0.2, 0.25) is 10.0 Å². The van der Waals surface area contributed by atoms with E-state index in [4.69, 9.17) is 4.52 Å². The Morgan fingerprint density at radius 1 is 1.29 bits per heavy atom. The van der Waals surface area contributed by atoms with Crippen LogP contribution in [0, 0.1) is 5.82 Å². The van der Waals surface area contributed by atoms with Crippen LogP contribution in [0.15, 0.2) is 46.1 Å². The quantitative estimate of drug-likeness (QED) is 0.573. The summed E-state index contributed by atoms with van der Waals surface area (Å²) in [7, 11) is -3.45. The number of benzene rings is 1. The van der Waals surface area contributed by atoms with E-state index in [1.165, 1.54) is 22.7 Å². The molecule has 1 saturated heterocycles. The van der Waals surface area contributed by atoms with Crippen molar-refractivity contribution in [2.45, 2.75) is 19.2 Å². The number of hydrogen-bond donors (Lipinski definition) is 1. The number of sulfonamides is 1. The zero-order valence-electron chi connectivity index (χ0n) is 15.7. The molecule has 0 radical (unpaired) electrons. The highest BCUT2D eigenvalue weighted by atomic mass is 32.2. The van der Waals surface area contributed by atoms with Gasteiger partial charge >= 0.3 is 0 Å². The summed E-state index contributed by atoms with van der Waals surface area (Å²) in [5.74, 6) is 0.237. The number of aromatic nitrogens is 1. The van der Waals surface area contributed by atoms with Crippen LogP contribution in [0.1, 0.15) is 18.2 Å². The van der Waals surface area contributed by atoms with Gasteiger partial charge in [-0.05, 0) is 24.6 Å². The number of aliphatic imine (C=N–C) groups is 1. The Morgan fingerprint density at radius 2 is 2.07 bits per heavy atom. The van der Waals surface area contributed by atoms with E-state index in [1.54, 1.807) is 12.1 Å². The fourth-order valence-electron chi connectivity index (χ4n) is 3.00. The fraction of sp³-hybridized carbons (Fsp3) is 0.444. The molecule has 0 atom stereocenters. The molecule has 10 heteroatoms. The van der Waals surface area contributed by atoms with Crippen LogP contribution in [-0.4, -0.2) is 61.5 Å². The summed E-state index contributed by atoms with van der Waals surface area (Å²) in [4.78, 5) is 6.59. The molecule has 0 amide bonds. The van der Waals surface area contributed by atoms with Crippen molar-refractivity contribution >= 4 is 16.0 Å². The molecule has 1 aromatic heterocycles. The molecule has 8 nitrogen and oxygen atoms in total. The van der Waals surface area contributed by atoms with Gasteiger partial charge in [0.05, 0.1) is 12.2 Å². The third-order valence-electron chi connectivity index (χ3n) is 4.39. The molecule has 1 aliphatic rings. The Bertz CT molecular complexity index is 894. The Labute approximate surface area is 164 Å². The Kier molecular flexibility index (Phi) is 6.63. The van der Waals surface area contributed by atoms with Crippen molar-refractivity contribution in [3.8, 4) is 0 Å². The number of guanidine groups is 1. The Morgan fingerprint density at radius 3 is 2.71 bits per heavy atom. The highest BCUT2D eigenvalue weighted by Crippen LogP contribution is 2.13. The van der Waals surface area contributed by atoms with Crippen molar-refractivity contribution in [1.82, 2.24) is 19.7 Å². The van der Waals surface area contributed by atoms with E-state index in [9.17, 15) is 12.8 Å². The molecule has 0 spiro atoms. The number of rotatable bonds is 6. The molecule has 1 fully saturated rings. The molecular weight excluding hydrogens is 385 g/mol. The Balaban J connectivity index is 1.61. The van der Waals surface area contributed by atoms with Crippen LogP contribution < -0.4 is 5.32 Å². The first kappa shape index (κ1) is 20.3. The lowest BCUT2D eigenvalue weighted by Crippen LogP contribution is -2.53. The van der Waals surface area contributed by atoms with Gasteiger partial charge in [0, 0.05) is 38.8 Å². The van der Waals surface area contributed by atoms with Gasteiger partial charge in [-0.3, -0.25) is 0 Å². The van der Waals surface area contributed by atoms with Gasteiger partial charge < -0.3 is 14.7 Å². The highest BCUT2D eigenvalue weighted by molar-refractivity contribution is 7.88. The predicted molar refractivity (Wildman–Crippen MR) is 103 cm³/mol. The average molecular weight is 409 g/mol. The molecular formula is C18H24FN5O3S. The van der Waals surface area contributed by atoms with Crippen molar-refractivity contribution < 1.29 is 17.3 Å². The summed E-state index contributed by atoms with van der Waals surface area (Å²) in [5.41, 5.74) is 1.18. The average Bonchev–Trinajstić information content (AvgIpc) is 3.17. The molecule has 1 aromatic carbocycles. The second-order valence-electron chi connectivity index (χ2n) is 6.43. The molecule has 1 aliphatic heterocycles. The van der Waals surface area contributed by atoms with Crippen LogP contribution in [0.2, 0.25) is 0 Å². The van der Waals surface area contributed by atoms with Crippen molar-refractivity contribution in [3.05, 3.63) is 53.7 Å². The van der Waals surface area contributed by atoms with E-state index < -0.39 is 10.0 Å². The SMILES string of the molecule is CCNC(=NCc1cccc(F)c1)N1CCN(S(=O)(=O)Cc2ccon2)CC1. The molecule has 3 rings (SSSR count). The minimum absolute atomic E-state index is 0.169. The minimum atomic E-state index is -3.45. The summed E-state index contributed by atoms with van der Waals surface area (Å²) in [6, 6.07) is 7.89. The lowest BCUT2D eigenvalue weighted by molar-refractivity contribution is 0.259. The zero-order chi connectivity index (χ0) is 20.0. The normalized spacial score (nSPS) is 16.4. The lowest BCUT2D eigenvalue weighted by atomic mass is 10.2. The highest BCUT2D eigenvalue weighted by Gasteiger charge is 2.28. The van der Waals surface area contributed by atoms with E-state index in [0.717, 1.165) is 5.56 Å². The van der Waals surface area contributed by atoms with Gasteiger partial charge in [-0.2, -0.15) is 4.31 Å². The number of nitrogens with zero attached hydrogens (tertiary/aromatic N) is 4. The molecule has 0 bridgehead atoms. The van der Waals surface area contributed by atoms with E-state index in [1.807, 2.05) is 17.9 Å². The molecule has 2 aromatic rings. The van der Waals surface area contributed by atoms with E-state index in [2.05, 4.69) is 15.5 Å². The lowest BCUT2D eigenvalue weighted by Gasteiger charge is -2.35. The topological polar surface area (TPSA) is 91.0 Å². The smallest absolute Gasteiger partial charge is 0.220 e. The summed E-state index contributed by atoms with van der Waals surface area (Å²) >= 11 is 0. The summed E-state index contributed by atoms with van der Waals surface area (Å²) in [6.07, 6.45) is 1.36.